The number of carbonyl (C=O) groups excluding carboxylic acids is 2. The molecule has 0 saturated carbocycles. The van der Waals surface area contributed by atoms with Crippen LogP contribution in [-0.2, 0) is 4.74 Å². The summed E-state index contributed by atoms with van der Waals surface area (Å²) in [5.41, 5.74) is 1.83. The Kier molecular flexibility index (Phi) is 4.42. The Labute approximate surface area is 155 Å². The summed E-state index contributed by atoms with van der Waals surface area (Å²) in [5, 5.41) is 4.02. The van der Waals surface area contributed by atoms with Crippen molar-refractivity contribution < 1.29 is 18.8 Å². The first-order chi connectivity index (χ1) is 13.2. The summed E-state index contributed by atoms with van der Waals surface area (Å²) in [6.45, 7) is 1.04. The van der Waals surface area contributed by atoms with Crippen molar-refractivity contribution in [2.24, 2.45) is 0 Å². The topological polar surface area (TPSA) is 85.5 Å². The van der Waals surface area contributed by atoms with Gasteiger partial charge in [0, 0.05) is 24.2 Å². The average Bonchev–Trinajstić information content (AvgIpc) is 3.16. The fraction of sp³-hybridized carbons (Fsp3) is 0.200. The van der Waals surface area contributed by atoms with E-state index >= 15 is 0 Å². The number of rotatable bonds is 4. The van der Waals surface area contributed by atoms with E-state index in [2.05, 4.69) is 14.9 Å². The number of hydrogen-bond acceptors (Lipinski definition) is 6. The molecule has 1 aromatic heterocycles. The first kappa shape index (κ1) is 17.0. The second-order valence-electron chi connectivity index (χ2n) is 6.30. The predicted molar refractivity (Wildman–Crippen MR) is 96.2 cm³/mol. The monoisotopic (exact) mass is 363 g/mol. The average molecular weight is 363 g/mol. The SMILES string of the molecule is COC(=O)c1ccc(C(=O)N2CC(c3nc(-c4ccccc4)no3)C2)cc1. The van der Waals surface area contributed by atoms with E-state index in [1.54, 1.807) is 29.2 Å². The Morgan fingerprint density at radius 2 is 1.70 bits per heavy atom. The van der Waals surface area contributed by atoms with Crippen molar-refractivity contribution in [1.29, 1.82) is 0 Å². The van der Waals surface area contributed by atoms with E-state index in [1.165, 1.54) is 7.11 Å². The standard InChI is InChI=1S/C20H17N3O4/c1-26-20(25)15-9-7-14(8-10-15)19(24)23-11-16(12-23)18-21-17(22-27-18)13-5-3-2-4-6-13/h2-10,16H,11-12H2,1H3. The van der Waals surface area contributed by atoms with Gasteiger partial charge in [-0.2, -0.15) is 4.98 Å². The summed E-state index contributed by atoms with van der Waals surface area (Å²) < 4.78 is 10.0. The van der Waals surface area contributed by atoms with Crippen molar-refractivity contribution in [3.05, 3.63) is 71.6 Å². The van der Waals surface area contributed by atoms with E-state index in [0.717, 1.165) is 5.56 Å². The summed E-state index contributed by atoms with van der Waals surface area (Å²) in [5.74, 6) is 0.607. The molecule has 0 radical (unpaired) electrons. The Morgan fingerprint density at radius 3 is 2.37 bits per heavy atom. The zero-order valence-electron chi connectivity index (χ0n) is 14.7. The normalized spacial score (nSPS) is 13.9. The van der Waals surface area contributed by atoms with Gasteiger partial charge < -0.3 is 14.2 Å². The van der Waals surface area contributed by atoms with Crippen LogP contribution in [0.5, 0.6) is 0 Å². The quantitative estimate of drug-likeness (QED) is 0.663. The molecule has 0 aliphatic carbocycles. The van der Waals surface area contributed by atoms with Gasteiger partial charge >= 0.3 is 5.97 Å². The lowest BCUT2D eigenvalue weighted by atomic mass is 9.98. The minimum atomic E-state index is -0.427. The summed E-state index contributed by atoms with van der Waals surface area (Å²) in [6.07, 6.45) is 0. The smallest absolute Gasteiger partial charge is 0.337 e. The van der Waals surface area contributed by atoms with Crippen molar-refractivity contribution in [2.75, 3.05) is 20.2 Å². The molecular weight excluding hydrogens is 346 g/mol. The molecular formula is C20H17N3O4. The van der Waals surface area contributed by atoms with Crippen LogP contribution in [0.15, 0.2) is 59.1 Å². The van der Waals surface area contributed by atoms with Crippen LogP contribution in [0.3, 0.4) is 0 Å². The van der Waals surface area contributed by atoms with Crippen LogP contribution in [0.25, 0.3) is 11.4 Å². The Morgan fingerprint density at radius 1 is 1.04 bits per heavy atom. The molecule has 1 aliphatic rings. The molecule has 0 unspecified atom stereocenters. The number of amides is 1. The number of benzene rings is 2. The molecule has 2 heterocycles. The molecule has 0 atom stereocenters. The summed E-state index contributed by atoms with van der Waals surface area (Å²) in [6, 6.07) is 16.0. The fourth-order valence-corrected chi connectivity index (χ4v) is 2.96. The number of likely N-dealkylation sites (tertiary alicyclic amines) is 1. The molecule has 0 spiro atoms. The van der Waals surface area contributed by atoms with Crippen molar-refractivity contribution in [2.45, 2.75) is 5.92 Å². The number of carbonyl (C=O) groups is 2. The molecule has 0 N–H and O–H groups in total. The predicted octanol–water partition coefficient (Wildman–Crippen LogP) is 2.76. The summed E-state index contributed by atoms with van der Waals surface area (Å²) in [7, 11) is 1.32. The molecule has 1 aliphatic heterocycles. The van der Waals surface area contributed by atoms with Gasteiger partial charge in [0.1, 0.15) is 0 Å². The van der Waals surface area contributed by atoms with Crippen LogP contribution in [-0.4, -0.2) is 47.1 Å². The van der Waals surface area contributed by atoms with Gasteiger partial charge in [0.2, 0.25) is 11.7 Å². The van der Waals surface area contributed by atoms with E-state index < -0.39 is 5.97 Å². The maximum absolute atomic E-state index is 12.5. The second-order valence-corrected chi connectivity index (χ2v) is 6.30. The number of aromatic nitrogens is 2. The minimum absolute atomic E-state index is 0.0354. The van der Waals surface area contributed by atoms with Crippen molar-refractivity contribution in [3.8, 4) is 11.4 Å². The maximum atomic E-state index is 12.5. The lowest BCUT2D eigenvalue weighted by Crippen LogP contribution is -2.48. The number of hydrogen-bond donors (Lipinski definition) is 0. The van der Waals surface area contributed by atoms with E-state index in [1.807, 2.05) is 30.3 Å². The van der Waals surface area contributed by atoms with Crippen molar-refractivity contribution >= 4 is 11.9 Å². The van der Waals surface area contributed by atoms with Crippen LogP contribution in [0.1, 0.15) is 32.5 Å². The maximum Gasteiger partial charge on any atom is 0.337 e. The Hall–Kier alpha value is -3.48. The third-order valence-electron chi connectivity index (χ3n) is 4.54. The number of nitrogens with zero attached hydrogens (tertiary/aromatic N) is 3. The fourth-order valence-electron chi connectivity index (χ4n) is 2.96. The molecule has 7 nitrogen and oxygen atoms in total. The summed E-state index contributed by atoms with van der Waals surface area (Å²) in [4.78, 5) is 30.1. The molecule has 3 aromatic rings. The van der Waals surface area contributed by atoms with E-state index in [-0.39, 0.29) is 11.8 Å². The number of methoxy groups -OCH3 is 1. The van der Waals surface area contributed by atoms with Crippen LogP contribution >= 0.6 is 0 Å². The molecule has 1 fully saturated rings. The molecule has 1 saturated heterocycles. The Bertz CT molecular complexity index is 960. The largest absolute Gasteiger partial charge is 0.465 e. The molecule has 7 heteroatoms. The highest BCUT2D eigenvalue weighted by atomic mass is 16.5. The van der Waals surface area contributed by atoms with Gasteiger partial charge in [0.15, 0.2) is 0 Å². The number of esters is 1. The van der Waals surface area contributed by atoms with E-state index in [0.29, 0.717) is 35.9 Å². The first-order valence-electron chi connectivity index (χ1n) is 8.52. The highest BCUT2D eigenvalue weighted by molar-refractivity contribution is 5.96. The van der Waals surface area contributed by atoms with Crippen molar-refractivity contribution in [3.63, 3.8) is 0 Å². The van der Waals surface area contributed by atoms with Crippen LogP contribution in [0.2, 0.25) is 0 Å². The van der Waals surface area contributed by atoms with Crippen molar-refractivity contribution in [1.82, 2.24) is 15.0 Å². The lowest BCUT2D eigenvalue weighted by Gasteiger charge is -2.37. The van der Waals surface area contributed by atoms with Crippen LogP contribution in [0, 0.1) is 0 Å². The third-order valence-corrected chi connectivity index (χ3v) is 4.54. The van der Waals surface area contributed by atoms with Gasteiger partial charge in [-0.1, -0.05) is 35.5 Å². The third kappa shape index (κ3) is 3.31. The van der Waals surface area contributed by atoms with Crippen LogP contribution < -0.4 is 0 Å². The van der Waals surface area contributed by atoms with Gasteiger partial charge in [-0.05, 0) is 24.3 Å². The lowest BCUT2D eigenvalue weighted by molar-refractivity contribution is 0.0564. The minimum Gasteiger partial charge on any atom is -0.465 e. The number of ether oxygens (including phenoxy) is 1. The molecule has 2 aromatic carbocycles. The van der Waals surface area contributed by atoms with Crippen LogP contribution in [0.4, 0.5) is 0 Å². The highest BCUT2D eigenvalue weighted by Gasteiger charge is 2.36. The molecule has 0 bridgehead atoms. The molecule has 4 rings (SSSR count). The van der Waals surface area contributed by atoms with Gasteiger partial charge in [-0.25, -0.2) is 4.79 Å². The first-order valence-corrected chi connectivity index (χ1v) is 8.52. The molecule has 136 valence electrons. The zero-order valence-corrected chi connectivity index (χ0v) is 14.7. The Balaban J connectivity index is 1.39. The van der Waals surface area contributed by atoms with Gasteiger partial charge in [-0.15, -0.1) is 0 Å². The van der Waals surface area contributed by atoms with Gasteiger partial charge in [-0.3, -0.25) is 4.79 Å². The zero-order chi connectivity index (χ0) is 18.8. The highest BCUT2D eigenvalue weighted by Crippen LogP contribution is 2.28. The molecule has 27 heavy (non-hydrogen) atoms. The van der Waals surface area contributed by atoms with Gasteiger partial charge in [0.25, 0.3) is 5.91 Å². The summed E-state index contributed by atoms with van der Waals surface area (Å²) >= 11 is 0. The van der Waals surface area contributed by atoms with Gasteiger partial charge in [0.05, 0.1) is 18.6 Å². The molecule has 1 amide bonds. The van der Waals surface area contributed by atoms with E-state index in [4.69, 9.17) is 4.52 Å². The van der Waals surface area contributed by atoms with E-state index in [9.17, 15) is 9.59 Å². The second kappa shape index (κ2) is 7.03.